The molecule has 0 radical (unpaired) electrons. The standard InChI is InChI=1S/C22H26BNO2S2/c1-18-9-11-20(12-10-18)22(25,19-7-3-2-4-8-19)21(27-15-6-16-28-21)13-5-14-24-17-23-26/h2-4,7-12,17,25H,5-6,13-16H2,1H3. The molecule has 1 atom stereocenters. The molecule has 1 N–H and O–H groups in total. The van der Waals surface area contributed by atoms with Gasteiger partial charge in [0.05, 0.1) is 0 Å². The van der Waals surface area contributed by atoms with Gasteiger partial charge in [0.1, 0.15) is 0 Å². The number of nitrogens with zero attached hydrogens (tertiary/aromatic N) is 1. The molecule has 1 saturated heterocycles. The van der Waals surface area contributed by atoms with Crippen LogP contribution in [0.15, 0.2) is 59.6 Å². The van der Waals surface area contributed by atoms with Gasteiger partial charge in [-0.15, -0.1) is 0 Å². The van der Waals surface area contributed by atoms with Crippen LogP contribution in [-0.4, -0.2) is 40.5 Å². The third kappa shape index (κ3) is 4.45. The Morgan fingerprint density at radius 1 is 1.11 bits per heavy atom. The summed E-state index contributed by atoms with van der Waals surface area (Å²) in [5.74, 6) is 2.07. The van der Waals surface area contributed by atoms with E-state index < -0.39 is 9.68 Å². The van der Waals surface area contributed by atoms with E-state index in [1.54, 1.807) is 0 Å². The summed E-state index contributed by atoms with van der Waals surface area (Å²) in [6.45, 7) is 2.66. The second kappa shape index (κ2) is 9.90. The second-order valence-electron chi connectivity index (χ2n) is 7.04. The van der Waals surface area contributed by atoms with Crippen molar-refractivity contribution in [3.8, 4) is 0 Å². The third-order valence-corrected chi connectivity index (χ3v) is 8.76. The van der Waals surface area contributed by atoms with Crippen LogP contribution in [0.5, 0.6) is 0 Å². The summed E-state index contributed by atoms with van der Waals surface area (Å²) >= 11 is 3.73. The van der Waals surface area contributed by atoms with Crippen molar-refractivity contribution in [1.29, 1.82) is 0 Å². The Kier molecular flexibility index (Phi) is 7.55. The maximum absolute atomic E-state index is 12.4. The molecule has 3 nitrogen and oxygen atoms in total. The molecule has 2 aromatic rings. The van der Waals surface area contributed by atoms with Crippen molar-refractivity contribution in [1.82, 2.24) is 0 Å². The number of aliphatic hydroxyl groups is 1. The van der Waals surface area contributed by atoms with Crippen molar-refractivity contribution in [3.63, 3.8) is 0 Å². The van der Waals surface area contributed by atoms with Gasteiger partial charge in [-0.3, -0.25) is 0 Å². The first-order valence-corrected chi connectivity index (χ1v) is 11.7. The monoisotopic (exact) mass is 411 g/mol. The van der Waals surface area contributed by atoms with Crippen LogP contribution in [0.2, 0.25) is 0 Å². The Balaban J connectivity index is 2.05. The molecule has 2 aromatic carbocycles. The van der Waals surface area contributed by atoms with E-state index in [1.807, 2.05) is 53.9 Å². The van der Waals surface area contributed by atoms with Gasteiger partial charge in [0.2, 0.25) is 0 Å². The Bertz CT molecular complexity index is 792. The van der Waals surface area contributed by atoms with E-state index in [-0.39, 0.29) is 0 Å². The Labute approximate surface area is 176 Å². The van der Waals surface area contributed by atoms with Crippen LogP contribution < -0.4 is 0 Å². The van der Waals surface area contributed by atoms with Crippen LogP contribution in [-0.2, 0) is 10.3 Å². The molecule has 0 amide bonds. The molecule has 6 heteroatoms. The molecule has 0 bridgehead atoms. The Hall–Kier alpha value is -1.37. The van der Waals surface area contributed by atoms with Crippen molar-refractivity contribution in [2.24, 2.45) is 4.99 Å². The summed E-state index contributed by atoms with van der Waals surface area (Å²) in [7, 11) is 0.715. The summed E-state index contributed by atoms with van der Waals surface area (Å²) in [6.07, 6.45) is 4.11. The zero-order valence-electron chi connectivity index (χ0n) is 16.2. The average molecular weight is 411 g/mol. The molecule has 0 spiro atoms. The molecule has 0 aromatic heterocycles. The first kappa shape index (κ1) is 21.3. The van der Waals surface area contributed by atoms with E-state index in [0.29, 0.717) is 13.7 Å². The maximum atomic E-state index is 12.4. The zero-order valence-corrected chi connectivity index (χ0v) is 17.8. The third-order valence-electron chi connectivity index (χ3n) is 5.13. The molecule has 1 heterocycles. The van der Waals surface area contributed by atoms with E-state index in [9.17, 15) is 9.81 Å². The minimum absolute atomic E-state index is 0.390. The van der Waals surface area contributed by atoms with Crippen LogP contribution >= 0.6 is 23.5 Å². The van der Waals surface area contributed by atoms with Gasteiger partial charge < -0.3 is 0 Å². The van der Waals surface area contributed by atoms with Crippen LogP contribution in [0.3, 0.4) is 0 Å². The number of benzene rings is 2. The van der Waals surface area contributed by atoms with Crippen LogP contribution in [0.1, 0.15) is 36.0 Å². The normalized spacial score (nSPS) is 18.5. The van der Waals surface area contributed by atoms with Crippen molar-refractivity contribution in [2.45, 2.75) is 35.9 Å². The number of aryl methyl sites for hydroxylation is 1. The first-order chi connectivity index (χ1) is 13.6. The predicted molar refractivity (Wildman–Crippen MR) is 122 cm³/mol. The number of thioether (sulfide) groups is 2. The van der Waals surface area contributed by atoms with E-state index in [4.69, 9.17) is 0 Å². The van der Waals surface area contributed by atoms with Gasteiger partial charge in [0.15, 0.2) is 0 Å². The summed E-state index contributed by atoms with van der Waals surface area (Å²) in [4.78, 5) is 4.15. The average Bonchev–Trinajstić information content (AvgIpc) is 2.75. The molecule has 1 fully saturated rings. The van der Waals surface area contributed by atoms with Gasteiger partial charge in [-0.1, -0.05) is 0 Å². The molecule has 0 aliphatic carbocycles. The van der Waals surface area contributed by atoms with E-state index in [0.717, 1.165) is 41.9 Å². The molecule has 28 heavy (non-hydrogen) atoms. The fourth-order valence-corrected chi connectivity index (χ4v) is 7.43. The first-order valence-electron chi connectivity index (χ1n) is 9.69. The van der Waals surface area contributed by atoms with Gasteiger partial charge >= 0.3 is 177 Å². The zero-order chi connectivity index (χ0) is 19.9. The molecule has 1 aliphatic rings. The molecule has 1 aliphatic heterocycles. The second-order valence-corrected chi connectivity index (χ2v) is 10.1. The fourth-order valence-electron chi connectivity index (χ4n) is 3.71. The van der Waals surface area contributed by atoms with Crippen molar-refractivity contribution in [3.05, 3.63) is 71.3 Å². The van der Waals surface area contributed by atoms with Gasteiger partial charge in [0, 0.05) is 0 Å². The number of hydrogen-bond donors (Lipinski definition) is 1. The minimum atomic E-state index is -1.11. The summed E-state index contributed by atoms with van der Waals surface area (Å²) < 4.78 is 10.1. The van der Waals surface area contributed by atoms with Crippen molar-refractivity contribution >= 4 is 36.8 Å². The molecule has 0 saturated carbocycles. The molecule has 146 valence electrons. The van der Waals surface area contributed by atoms with Crippen molar-refractivity contribution < 1.29 is 9.81 Å². The van der Waals surface area contributed by atoms with Gasteiger partial charge in [-0.25, -0.2) is 0 Å². The number of aliphatic imine (C=N–C) groups is 1. The van der Waals surface area contributed by atoms with E-state index in [2.05, 4.69) is 36.2 Å². The number of rotatable bonds is 8. The van der Waals surface area contributed by atoms with E-state index in [1.165, 1.54) is 11.7 Å². The quantitative estimate of drug-likeness (QED) is 0.390. The van der Waals surface area contributed by atoms with Gasteiger partial charge in [-0.05, 0) is 0 Å². The van der Waals surface area contributed by atoms with Crippen LogP contribution in [0.4, 0.5) is 0 Å². The summed E-state index contributed by atoms with van der Waals surface area (Å²) in [6, 6.07) is 18.3. The molecule has 3 rings (SSSR count). The number of hydrogen-bond acceptors (Lipinski definition) is 5. The topological polar surface area (TPSA) is 49.7 Å². The molecule has 1 unspecified atom stereocenters. The molecular weight excluding hydrogens is 385 g/mol. The van der Waals surface area contributed by atoms with Gasteiger partial charge in [-0.2, -0.15) is 0 Å². The van der Waals surface area contributed by atoms with Gasteiger partial charge in [0.25, 0.3) is 0 Å². The molecular formula is C22H26BNO2S2. The summed E-state index contributed by atoms with van der Waals surface area (Å²) in [5, 5.41) is 12.4. The Morgan fingerprint density at radius 2 is 1.75 bits per heavy atom. The van der Waals surface area contributed by atoms with E-state index >= 15 is 0 Å². The van der Waals surface area contributed by atoms with Crippen LogP contribution in [0.25, 0.3) is 0 Å². The van der Waals surface area contributed by atoms with Crippen LogP contribution in [0, 0.1) is 6.92 Å². The summed E-state index contributed by atoms with van der Waals surface area (Å²) in [5.41, 5.74) is 1.94. The Morgan fingerprint density at radius 3 is 2.39 bits per heavy atom. The predicted octanol–water partition coefficient (Wildman–Crippen LogP) is 4.66. The SMILES string of the molecule is Cc1ccc(C(O)(c2ccccc2)C2(CCCN=CB=O)SCCCS2)cc1. The fraction of sp³-hybridized carbons (Fsp3) is 0.409. The van der Waals surface area contributed by atoms with Crippen molar-refractivity contribution in [2.75, 3.05) is 18.1 Å².